The summed E-state index contributed by atoms with van der Waals surface area (Å²) >= 11 is 0. The highest BCUT2D eigenvalue weighted by molar-refractivity contribution is 5.73. The Morgan fingerprint density at radius 2 is 2.00 bits per heavy atom. The molecular weight excluding hydrogens is 312 g/mol. The van der Waals surface area contributed by atoms with E-state index < -0.39 is 12.1 Å². The van der Waals surface area contributed by atoms with Crippen LogP contribution in [0, 0.1) is 0 Å². The summed E-state index contributed by atoms with van der Waals surface area (Å²) in [6.07, 6.45) is 3.77. The van der Waals surface area contributed by atoms with Gasteiger partial charge >= 0.3 is 5.97 Å². The average molecular weight is 338 g/mol. The Balaban J connectivity index is 2.59. The van der Waals surface area contributed by atoms with E-state index in [0.717, 1.165) is 19.3 Å². The van der Waals surface area contributed by atoms with Gasteiger partial charge in [0.05, 0.1) is 19.1 Å². The van der Waals surface area contributed by atoms with Gasteiger partial charge in [0.1, 0.15) is 17.8 Å². The Morgan fingerprint density at radius 3 is 2.67 bits per heavy atom. The molecule has 0 aromatic heterocycles. The molecule has 1 unspecified atom stereocenters. The summed E-state index contributed by atoms with van der Waals surface area (Å²) in [5.74, 6) is -0.524. The molecule has 1 aromatic carbocycles. The zero-order valence-corrected chi connectivity index (χ0v) is 14.0. The molecule has 0 radical (unpaired) electrons. The van der Waals surface area contributed by atoms with Crippen molar-refractivity contribution < 1.29 is 29.6 Å². The molecule has 0 saturated heterocycles. The molecule has 0 aliphatic carbocycles. The Labute approximate surface area is 142 Å². The minimum Gasteiger partial charge on any atom is -0.508 e. The number of phenolic OH excluding ortho intramolecular Hbond substituents is 2. The number of phenols is 2. The van der Waals surface area contributed by atoms with Gasteiger partial charge < -0.3 is 24.9 Å². The minimum absolute atomic E-state index is 0.00316. The van der Waals surface area contributed by atoms with E-state index >= 15 is 0 Å². The predicted molar refractivity (Wildman–Crippen MR) is 89.0 cm³/mol. The third-order valence-corrected chi connectivity index (χ3v) is 3.78. The van der Waals surface area contributed by atoms with Crippen molar-refractivity contribution in [3.63, 3.8) is 0 Å². The van der Waals surface area contributed by atoms with Gasteiger partial charge in [0.25, 0.3) is 0 Å². The average Bonchev–Trinajstić information content (AvgIpc) is 2.49. The molecule has 0 spiro atoms. The molecule has 0 aliphatic rings. The van der Waals surface area contributed by atoms with Gasteiger partial charge in [-0.3, -0.25) is 4.79 Å². The van der Waals surface area contributed by atoms with Crippen LogP contribution in [0.1, 0.15) is 50.2 Å². The van der Waals surface area contributed by atoms with Crippen molar-refractivity contribution in [2.24, 2.45) is 0 Å². The second-order valence-corrected chi connectivity index (χ2v) is 5.74. The van der Waals surface area contributed by atoms with Crippen LogP contribution in [0.5, 0.6) is 11.5 Å². The zero-order chi connectivity index (χ0) is 17.9. The minimum atomic E-state index is -0.594. The molecule has 0 aliphatic heterocycles. The smallest absolute Gasteiger partial charge is 0.310 e. The molecule has 1 atom stereocenters. The highest BCUT2D eigenvalue weighted by Crippen LogP contribution is 2.29. The monoisotopic (exact) mass is 338 g/mol. The summed E-state index contributed by atoms with van der Waals surface area (Å²) < 4.78 is 4.91. The Bertz CT molecular complexity index is 541. The molecule has 1 aromatic rings. The number of rotatable bonds is 11. The fraction of sp³-hybridized carbons (Fsp3) is 0.556. The molecule has 3 N–H and O–H groups in total. The molecule has 0 amide bonds. The van der Waals surface area contributed by atoms with Gasteiger partial charge in [-0.05, 0) is 43.4 Å². The number of aromatic hydroxyl groups is 2. The second-order valence-electron chi connectivity index (χ2n) is 5.74. The van der Waals surface area contributed by atoms with Gasteiger partial charge in [-0.2, -0.15) is 0 Å². The molecule has 0 saturated carbocycles. The third kappa shape index (κ3) is 7.00. The SMILES string of the molecule is CCOC(=O)Cc1cc(O)cc(O)c1CCCCCC(O)CC=O. The predicted octanol–water partition coefficient (Wildman–Crippen LogP) is 2.26. The molecule has 134 valence electrons. The van der Waals surface area contributed by atoms with Crippen molar-refractivity contribution in [3.8, 4) is 11.5 Å². The lowest BCUT2D eigenvalue weighted by Gasteiger charge is -2.12. The highest BCUT2D eigenvalue weighted by Gasteiger charge is 2.14. The summed E-state index contributed by atoms with van der Waals surface area (Å²) in [4.78, 5) is 21.9. The number of unbranched alkanes of at least 4 members (excludes halogenated alkanes) is 2. The molecule has 6 nitrogen and oxygen atoms in total. The number of carbonyl (C=O) groups is 2. The van der Waals surface area contributed by atoms with Crippen molar-refractivity contribution in [2.75, 3.05) is 6.61 Å². The summed E-state index contributed by atoms with van der Waals surface area (Å²) in [6, 6.07) is 2.73. The Hall–Kier alpha value is -2.08. The van der Waals surface area contributed by atoms with Crippen molar-refractivity contribution in [1.29, 1.82) is 0 Å². The van der Waals surface area contributed by atoms with Crippen LogP contribution in [-0.4, -0.2) is 40.3 Å². The zero-order valence-electron chi connectivity index (χ0n) is 14.0. The van der Waals surface area contributed by atoms with Crippen molar-refractivity contribution in [1.82, 2.24) is 0 Å². The highest BCUT2D eigenvalue weighted by atomic mass is 16.5. The number of aldehydes is 1. The number of hydrogen-bond acceptors (Lipinski definition) is 6. The summed E-state index contributed by atoms with van der Waals surface area (Å²) in [7, 11) is 0. The van der Waals surface area contributed by atoms with E-state index in [1.54, 1.807) is 6.92 Å². The maximum atomic E-state index is 11.7. The van der Waals surface area contributed by atoms with E-state index in [-0.39, 0.29) is 30.9 Å². The number of aliphatic hydroxyl groups is 1. The van der Waals surface area contributed by atoms with Gasteiger partial charge in [-0.15, -0.1) is 0 Å². The van der Waals surface area contributed by atoms with Crippen LogP contribution >= 0.6 is 0 Å². The van der Waals surface area contributed by atoms with Crippen LogP contribution < -0.4 is 0 Å². The molecule has 0 fully saturated rings. The Kier molecular flexibility index (Phi) is 8.86. The van der Waals surface area contributed by atoms with Crippen molar-refractivity contribution in [3.05, 3.63) is 23.3 Å². The van der Waals surface area contributed by atoms with Gasteiger partial charge in [0.15, 0.2) is 0 Å². The molecule has 0 bridgehead atoms. The van der Waals surface area contributed by atoms with Gasteiger partial charge in [-0.1, -0.05) is 12.8 Å². The first-order valence-electron chi connectivity index (χ1n) is 8.29. The fourth-order valence-electron chi connectivity index (χ4n) is 2.60. The maximum Gasteiger partial charge on any atom is 0.310 e. The van der Waals surface area contributed by atoms with Crippen LogP contribution in [0.2, 0.25) is 0 Å². The summed E-state index contributed by atoms with van der Waals surface area (Å²) in [5.41, 5.74) is 1.20. The van der Waals surface area contributed by atoms with E-state index in [1.165, 1.54) is 12.1 Å². The lowest BCUT2D eigenvalue weighted by molar-refractivity contribution is -0.142. The number of carbonyl (C=O) groups excluding carboxylic acids is 2. The van der Waals surface area contributed by atoms with Crippen LogP contribution in [0.3, 0.4) is 0 Å². The van der Waals surface area contributed by atoms with Gasteiger partial charge in [0.2, 0.25) is 0 Å². The number of benzene rings is 1. The Morgan fingerprint density at radius 1 is 1.25 bits per heavy atom. The molecular formula is C18H26O6. The molecule has 1 rings (SSSR count). The first-order chi connectivity index (χ1) is 11.5. The number of ether oxygens (including phenoxy) is 1. The fourth-order valence-corrected chi connectivity index (χ4v) is 2.60. The van der Waals surface area contributed by atoms with Crippen LogP contribution in [0.15, 0.2) is 12.1 Å². The van der Waals surface area contributed by atoms with Gasteiger partial charge in [-0.25, -0.2) is 0 Å². The first kappa shape index (κ1) is 20.0. The molecule has 24 heavy (non-hydrogen) atoms. The quantitative estimate of drug-likeness (QED) is 0.325. The van der Waals surface area contributed by atoms with E-state index in [2.05, 4.69) is 0 Å². The first-order valence-corrected chi connectivity index (χ1v) is 8.29. The van der Waals surface area contributed by atoms with Crippen molar-refractivity contribution in [2.45, 2.75) is 58.0 Å². The van der Waals surface area contributed by atoms with Gasteiger partial charge in [0, 0.05) is 12.5 Å². The normalized spacial score (nSPS) is 11.9. The van der Waals surface area contributed by atoms with E-state index in [1.807, 2.05) is 0 Å². The molecule has 6 heteroatoms. The number of esters is 1. The second kappa shape index (κ2) is 10.6. The summed E-state index contributed by atoms with van der Waals surface area (Å²) in [5, 5.41) is 29.1. The maximum absolute atomic E-state index is 11.7. The van der Waals surface area contributed by atoms with Crippen LogP contribution in [-0.2, 0) is 27.2 Å². The topological polar surface area (TPSA) is 104 Å². The number of hydrogen-bond donors (Lipinski definition) is 3. The largest absolute Gasteiger partial charge is 0.508 e. The standard InChI is InChI=1S/C18H26O6/c1-2-24-18(23)11-13-10-15(21)12-17(22)16(13)7-5-3-4-6-14(20)8-9-19/h9-10,12,14,20-22H,2-8,11H2,1H3. The lowest BCUT2D eigenvalue weighted by atomic mass is 9.97. The summed E-state index contributed by atoms with van der Waals surface area (Å²) in [6.45, 7) is 2.00. The van der Waals surface area contributed by atoms with E-state index in [9.17, 15) is 24.9 Å². The van der Waals surface area contributed by atoms with Crippen molar-refractivity contribution >= 4 is 12.3 Å². The van der Waals surface area contributed by atoms with E-state index in [4.69, 9.17) is 4.74 Å². The van der Waals surface area contributed by atoms with E-state index in [0.29, 0.717) is 30.3 Å². The van der Waals surface area contributed by atoms with Crippen LogP contribution in [0.4, 0.5) is 0 Å². The lowest BCUT2D eigenvalue weighted by Crippen LogP contribution is -2.09. The number of aliphatic hydroxyl groups excluding tert-OH is 1. The molecule has 0 heterocycles. The third-order valence-electron chi connectivity index (χ3n) is 3.78. The van der Waals surface area contributed by atoms with Crippen LogP contribution in [0.25, 0.3) is 0 Å².